The average molecular weight is 355 g/mol. The molecule has 132 valence electrons. The van der Waals surface area contributed by atoms with E-state index in [0.717, 1.165) is 22.3 Å². The van der Waals surface area contributed by atoms with Gasteiger partial charge >= 0.3 is 0 Å². The smallest absolute Gasteiger partial charge is 0.258 e. The molecule has 0 fully saturated rings. The molecule has 0 saturated carbocycles. The zero-order valence-electron chi connectivity index (χ0n) is 14.5. The van der Waals surface area contributed by atoms with Gasteiger partial charge in [0.25, 0.3) is 5.88 Å². The molecule has 27 heavy (non-hydrogen) atoms. The lowest BCUT2D eigenvalue weighted by molar-refractivity contribution is 0.295. The van der Waals surface area contributed by atoms with Crippen molar-refractivity contribution in [2.45, 2.75) is 6.61 Å². The van der Waals surface area contributed by atoms with Crippen LogP contribution in [0.15, 0.2) is 79.5 Å². The molecular weight excluding hydrogens is 338 g/mol. The maximum atomic E-state index is 5.91. The molecule has 4 rings (SSSR count). The van der Waals surface area contributed by atoms with Gasteiger partial charge in [0.2, 0.25) is 0 Å². The summed E-state index contributed by atoms with van der Waals surface area (Å²) in [6.45, 7) is 0.353. The van der Waals surface area contributed by atoms with Gasteiger partial charge in [-0.15, -0.1) is 0 Å². The van der Waals surface area contributed by atoms with Gasteiger partial charge in [-0.3, -0.25) is 9.97 Å². The first kappa shape index (κ1) is 16.7. The quantitative estimate of drug-likeness (QED) is 0.586. The minimum absolute atomic E-state index is 0.265. The Morgan fingerprint density at radius 1 is 0.741 bits per heavy atom. The van der Waals surface area contributed by atoms with Crippen molar-refractivity contribution >= 4 is 5.82 Å². The molecule has 3 aromatic heterocycles. The normalized spacial score (nSPS) is 10.5. The van der Waals surface area contributed by atoms with Crippen LogP contribution in [0.3, 0.4) is 0 Å². The Morgan fingerprint density at radius 3 is 2.04 bits per heavy atom. The SMILES string of the molecule is Nc1ncc(-c2ccc(-c3ccncc3)cc2)nc1OCc1ccncc1. The van der Waals surface area contributed by atoms with Crippen LogP contribution >= 0.6 is 0 Å². The lowest BCUT2D eigenvalue weighted by atomic mass is 10.0. The predicted molar refractivity (Wildman–Crippen MR) is 104 cm³/mol. The fourth-order valence-electron chi connectivity index (χ4n) is 2.64. The second kappa shape index (κ2) is 7.61. The first-order valence-electron chi connectivity index (χ1n) is 8.44. The van der Waals surface area contributed by atoms with E-state index in [1.807, 2.05) is 48.5 Å². The van der Waals surface area contributed by atoms with Crippen LogP contribution in [0, 0.1) is 0 Å². The Morgan fingerprint density at radius 2 is 1.33 bits per heavy atom. The second-order valence-electron chi connectivity index (χ2n) is 5.90. The van der Waals surface area contributed by atoms with E-state index in [1.54, 1.807) is 31.0 Å². The molecule has 6 heteroatoms. The van der Waals surface area contributed by atoms with Crippen LogP contribution in [0.2, 0.25) is 0 Å². The zero-order chi connectivity index (χ0) is 18.5. The second-order valence-corrected chi connectivity index (χ2v) is 5.90. The third-order valence-corrected chi connectivity index (χ3v) is 4.09. The van der Waals surface area contributed by atoms with Crippen LogP contribution in [0.5, 0.6) is 5.88 Å². The molecule has 2 N–H and O–H groups in total. The fourth-order valence-corrected chi connectivity index (χ4v) is 2.64. The molecule has 0 unspecified atom stereocenters. The third-order valence-electron chi connectivity index (χ3n) is 4.09. The van der Waals surface area contributed by atoms with E-state index in [0.29, 0.717) is 18.2 Å². The van der Waals surface area contributed by atoms with Crippen LogP contribution < -0.4 is 10.5 Å². The highest BCUT2D eigenvalue weighted by Crippen LogP contribution is 2.26. The predicted octanol–water partition coefficient (Wildman–Crippen LogP) is 3.76. The summed E-state index contributed by atoms with van der Waals surface area (Å²) in [5.74, 6) is 0.587. The van der Waals surface area contributed by atoms with Crippen molar-refractivity contribution in [1.29, 1.82) is 0 Å². The Bertz CT molecular complexity index is 1020. The molecule has 0 spiro atoms. The van der Waals surface area contributed by atoms with Crippen molar-refractivity contribution in [3.8, 4) is 28.3 Å². The number of nitrogen functional groups attached to an aromatic ring is 1. The Balaban J connectivity index is 1.55. The summed E-state index contributed by atoms with van der Waals surface area (Å²) in [7, 11) is 0. The van der Waals surface area contributed by atoms with Gasteiger partial charge in [-0.2, -0.15) is 0 Å². The average Bonchev–Trinajstić information content (AvgIpc) is 2.75. The molecule has 0 aliphatic heterocycles. The summed E-state index contributed by atoms with van der Waals surface area (Å²) in [6.07, 6.45) is 8.64. The van der Waals surface area contributed by atoms with Crippen LogP contribution in [0.4, 0.5) is 5.82 Å². The number of hydrogen-bond donors (Lipinski definition) is 1. The summed E-state index contributed by atoms with van der Waals surface area (Å²) in [4.78, 5) is 16.8. The van der Waals surface area contributed by atoms with Crippen molar-refractivity contribution in [3.05, 3.63) is 85.1 Å². The van der Waals surface area contributed by atoms with Gasteiger partial charge in [0.05, 0.1) is 11.9 Å². The minimum atomic E-state index is 0.265. The number of nitrogens with two attached hydrogens (primary N) is 1. The zero-order valence-corrected chi connectivity index (χ0v) is 14.5. The van der Waals surface area contributed by atoms with Gasteiger partial charge in [0.15, 0.2) is 5.82 Å². The number of rotatable bonds is 5. The maximum Gasteiger partial charge on any atom is 0.258 e. The first-order valence-corrected chi connectivity index (χ1v) is 8.44. The fraction of sp³-hybridized carbons (Fsp3) is 0.0476. The van der Waals surface area contributed by atoms with Gasteiger partial charge in [-0.05, 0) is 41.0 Å². The molecular formula is C21H17N5O. The number of hydrogen-bond acceptors (Lipinski definition) is 6. The number of pyridine rings is 2. The Labute approximate surface area is 156 Å². The lowest BCUT2D eigenvalue weighted by Gasteiger charge is -2.09. The van der Waals surface area contributed by atoms with Gasteiger partial charge in [0.1, 0.15) is 6.61 Å². The van der Waals surface area contributed by atoms with Crippen molar-refractivity contribution in [2.75, 3.05) is 5.73 Å². The van der Waals surface area contributed by atoms with E-state index in [2.05, 4.69) is 19.9 Å². The molecule has 0 amide bonds. The van der Waals surface area contributed by atoms with E-state index < -0.39 is 0 Å². The van der Waals surface area contributed by atoms with Gasteiger partial charge in [0, 0.05) is 30.4 Å². The molecule has 4 aromatic rings. The Hall–Kier alpha value is -3.80. The monoisotopic (exact) mass is 355 g/mol. The van der Waals surface area contributed by atoms with Gasteiger partial charge < -0.3 is 10.5 Å². The molecule has 0 aliphatic carbocycles. The number of anilines is 1. The van der Waals surface area contributed by atoms with E-state index in [-0.39, 0.29) is 5.82 Å². The van der Waals surface area contributed by atoms with Crippen molar-refractivity contribution < 1.29 is 4.74 Å². The van der Waals surface area contributed by atoms with Gasteiger partial charge in [-0.25, -0.2) is 9.97 Å². The molecule has 0 atom stereocenters. The van der Waals surface area contributed by atoms with Crippen molar-refractivity contribution in [3.63, 3.8) is 0 Å². The molecule has 1 aromatic carbocycles. The highest BCUT2D eigenvalue weighted by atomic mass is 16.5. The first-order chi connectivity index (χ1) is 13.3. The topological polar surface area (TPSA) is 86.8 Å². The third kappa shape index (κ3) is 3.90. The van der Waals surface area contributed by atoms with E-state index >= 15 is 0 Å². The number of ether oxygens (including phenoxy) is 1. The highest BCUT2D eigenvalue weighted by Gasteiger charge is 2.09. The van der Waals surface area contributed by atoms with Crippen LogP contribution in [-0.2, 0) is 6.61 Å². The molecule has 0 saturated heterocycles. The van der Waals surface area contributed by atoms with Gasteiger partial charge in [-0.1, -0.05) is 24.3 Å². The molecule has 0 bridgehead atoms. The van der Waals surface area contributed by atoms with E-state index in [9.17, 15) is 0 Å². The summed E-state index contributed by atoms with van der Waals surface area (Å²) in [6, 6.07) is 15.8. The van der Waals surface area contributed by atoms with Crippen molar-refractivity contribution in [2.24, 2.45) is 0 Å². The standard InChI is InChI=1S/C21H17N5O/c22-20-21(27-14-15-5-9-23-10-6-15)26-19(13-25-20)18-3-1-16(2-4-18)17-7-11-24-12-8-17/h1-13H,14H2,(H2,22,25). The van der Waals surface area contributed by atoms with Crippen LogP contribution in [0.25, 0.3) is 22.4 Å². The molecule has 3 heterocycles. The number of aromatic nitrogens is 4. The van der Waals surface area contributed by atoms with Crippen LogP contribution in [-0.4, -0.2) is 19.9 Å². The number of benzene rings is 1. The summed E-state index contributed by atoms with van der Waals surface area (Å²) in [5, 5.41) is 0. The van der Waals surface area contributed by atoms with E-state index in [1.165, 1.54) is 0 Å². The van der Waals surface area contributed by atoms with Crippen molar-refractivity contribution in [1.82, 2.24) is 19.9 Å². The largest absolute Gasteiger partial charge is 0.470 e. The molecule has 6 nitrogen and oxygen atoms in total. The lowest BCUT2D eigenvalue weighted by Crippen LogP contribution is -2.03. The summed E-state index contributed by atoms with van der Waals surface area (Å²) in [5.41, 5.74) is 10.8. The van der Waals surface area contributed by atoms with E-state index in [4.69, 9.17) is 10.5 Å². The minimum Gasteiger partial charge on any atom is -0.470 e. The Kier molecular flexibility index (Phi) is 4.70. The number of nitrogens with zero attached hydrogens (tertiary/aromatic N) is 4. The molecule has 0 aliphatic rings. The van der Waals surface area contributed by atoms with Crippen LogP contribution in [0.1, 0.15) is 5.56 Å². The molecule has 0 radical (unpaired) electrons. The maximum absolute atomic E-state index is 5.91. The summed E-state index contributed by atoms with van der Waals surface area (Å²) >= 11 is 0. The highest BCUT2D eigenvalue weighted by molar-refractivity contribution is 5.68. The summed E-state index contributed by atoms with van der Waals surface area (Å²) < 4.78 is 5.74.